The molecule has 0 saturated heterocycles. The molecule has 0 aromatic heterocycles. The summed E-state index contributed by atoms with van der Waals surface area (Å²) >= 11 is 5.81. The minimum Gasteiger partial charge on any atom is -0.454 e. The summed E-state index contributed by atoms with van der Waals surface area (Å²) in [6, 6.07) is 9.35. The van der Waals surface area contributed by atoms with Crippen LogP contribution in [0.2, 0.25) is 5.02 Å². The van der Waals surface area contributed by atoms with E-state index in [1.54, 1.807) is 18.2 Å². The topological polar surface area (TPSA) is 99.9 Å². The molecule has 0 spiro atoms. The number of nitrogens with one attached hydrogen (secondary N) is 1. The maximum absolute atomic E-state index is 12.2. The first-order valence-electron chi connectivity index (χ1n) is 7.40. The smallest absolute Gasteiger partial charge is 0.338 e. The van der Waals surface area contributed by atoms with Gasteiger partial charge in [0.05, 0.1) is 16.3 Å². The average molecular weight is 363 g/mol. The number of benzene rings is 2. The molecule has 0 unspecified atom stereocenters. The van der Waals surface area contributed by atoms with Gasteiger partial charge in [-0.2, -0.15) is 0 Å². The van der Waals surface area contributed by atoms with Crippen LogP contribution in [0.15, 0.2) is 36.4 Å². The number of esters is 1. The van der Waals surface area contributed by atoms with Crippen molar-refractivity contribution in [3.63, 3.8) is 0 Å². The average Bonchev–Trinajstić information content (AvgIpc) is 3.04. The Bertz CT molecular complexity index is 840. The molecule has 25 heavy (non-hydrogen) atoms. The van der Waals surface area contributed by atoms with Gasteiger partial charge in [-0.25, -0.2) is 4.79 Å². The van der Waals surface area contributed by atoms with E-state index in [1.165, 1.54) is 25.1 Å². The molecule has 0 fully saturated rings. The zero-order chi connectivity index (χ0) is 18.0. The normalized spacial score (nSPS) is 13.2. The van der Waals surface area contributed by atoms with Crippen molar-refractivity contribution < 1.29 is 23.8 Å². The number of amides is 1. The van der Waals surface area contributed by atoms with Crippen molar-refractivity contribution in [3.05, 3.63) is 47.0 Å². The molecule has 7 nitrogen and oxygen atoms in total. The third kappa shape index (κ3) is 3.77. The zero-order valence-electron chi connectivity index (χ0n) is 13.2. The van der Waals surface area contributed by atoms with Gasteiger partial charge in [0.1, 0.15) is 0 Å². The summed E-state index contributed by atoms with van der Waals surface area (Å²) in [4.78, 5) is 24.3. The number of halogens is 1. The second-order valence-corrected chi connectivity index (χ2v) is 5.75. The summed E-state index contributed by atoms with van der Waals surface area (Å²) in [5.74, 6) is 0.00254. The number of carbonyl (C=O) groups is 2. The molecule has 1 aliphatic rings. The van der Waals surface area contributed by atoms with E-state index in [9.17, 15) is 9.59 Å². The minimum absolute atomic E-state index is 0.144. The summed E-state index contributed by atoms with van der Waals surface area (Å²) in [5, 5.41) is 2.99. The lowest BCUT2D eigenvalue weighted by Crippen LogP contribution is -2.30. The highest BCUT2D eigenvalue weighted by Crippen LogP contribution is 2.34. The quantitative estimate of drug-likeness (QED) is 0.640. The Kier molecular flexibility index (Phi) is 4.67. The predicted molar refractivity (Wildman–Crippen MR) is 91.9 cm³/mol. The van der Waals surface area contributed by atoms with Gasteiger partial charge in [-0.1, -0.05) is 11.6 Å². The second kappa shape index (κ2) is 6.90. The number of ether oxygens (including phenoxy) is 3. The second-order valence-electron chi connectivity index (χ2n) is 5.34. The third-order valence-corrected chi connectivity index (χ3v) is 3.87. The van der Waals surface area contributed by atoms with E-state index < -0.39 is 18.0 Å². The van der Waals surface area contributed by atoms with Gasteiger partial charge in [0.25, 0.3) is 5.91 Å². The largest absolute Gasteiger partial charge is 0.454 e. The van der Waals surface area contributed by atoms with Crippen LogP contribution in [-0.2, 0) is 9.53 Å². The van der Waals surface area contributed by atoms with Crippen molar-refractivity contribution in [2.45, 2.75) is 13.0 Å². The first kappa shape index (κ1) is 16.9. The van der Waals surface area contributed by atoms with E-state index in [0.717, 1.165) is 0 Å². The summed E-state index contributed by atoms with van der Waals surface area (Å²) < 4.78 is 15.6. The molecule has 2 aromatic rings. The Morgan fingerprint density at radius 2 is 1.96 bits per heavy atom. The Hall–Kier alpha value is -2.93. The molecule has 3 N–H and O–H groups in total. The van der Waals surface area contributed by atoms with Crippen LogP contribution < -0.4 is 20.5 Å². The maximum Gasteiger partial charge on any atom is 0.338 e. The van der Waals surface area contributed by atoms with E-state index in [2.05, 4.69) is 5.32 Å². The lowest BCUT2D eigenvalue weighted by molar-refractivity contribution is -0.123. The van der Waals surface area contributed by atoms with Gasteiger partial charge < -0.3 is 25.3 Å². The highest BCUT2D eigenvalue weighted by molar-refractivity contribution is 6.33. The molecule has 3 rings (SSSR count). The van der Waals surface area contributed by atoms with Crippen LogP contribution in [0.5, 0.6) is 11.5 Å². The van der Waals surface area contributed by atoms with Crippen molar-refractivity contribution in [1.29, 1.82) is 0 Å². The van der Waals surface area contributed by atoms with Crippen molar-refractivity contribution in [2.75, 3.05) is 17.8 Å². The van der Waals surface area contributed by atoms with Crippen LogP contribution in [0.4, 0.5) is 11.4 Å². The molecular formula is C17H15ClN2O5. The van der Waals surface area contributed by atoms with Crippen molar-refractivity contribution in [2.24, 2.45) is 0 Å². The predicted octanol–water partition coefficient (Wildman–Crippen LogP) is 2.83. The van der Waals surface area contributed by atoms with Gasteiger partial charge in [0.2, 0.25) is 6.79 Å². The maximum atomic E-state index is 12.2. The molecule has 0 aliphatic carbocycles. The van der Waals surface area contributed by atoms with Crippen molar-refractivity contribution >= 4 is 34.9 Å². The van der Waals surface area contributed by atoms with Crippen LogP contribution in [0, 0.1) is 0 Å². The zero-order valence-corrected chi connectivity index (χ0v) is 14.0. The van der Waals surface area contributed by atoms with Gasteiger partial charge in [-0.05, 0) is 37.3 Å². The number of hydrogen-bond donors (Lipinski definition) is 2. The fraction of sp³-hybridized carbons (Fsp3) is 0.176. The molecule has 0 bridgehead atoms. The van der Waals surface area contributed by atoms with E-state index in [4.69, 9.17) is 31.5 Å². The minimum atomic E-state index is -1.00. The summed E-state index contributed by atoms with van der Waals surface area (Å²) in [7, 11) is 0. The molecule has 2 aromatic carbocycles. The highest BCUT2D eigenvalue weighted by Gasteiger charge is 2.21. The molecule has 1 atom stereocenters. The van der Waals surface area contributed by atoms with Gasteiger partial charge >= 0.3 is 5.97 Å². The van der Waals surface area contributed by atoms with Gasteiger partial charge in [0, 0.05) is 11.8 Å². The lowest BCUT2D eigenvalue weighted by Gasteiger charge is -2.14. The Balaban J connectivity index is 1.62. The number of anilines is 2. The van der Waals surface area contributed by atoms with E-state index in [-0.39, 0.29) is 18.0 Å². The number of hydrogen-bond acceptors (Lipinski definition) is 6. The number of carbonyl (C=O) groups excluding carboxylic acids is 2. The Morgan fingerprint density at radius 3 is 2.72 bits per heavy atom. The number of fused-ring (bicyclic) bond motifs is 1. The molecule has 1 amide bonds. The van der Waals surface area contributed by atoms with Crippen LogP contribution in [0.25, 0.3) is 0 Å². The van der Waals surface area contributed by atoms with Crippen LogP contribution in [-0.4, -0.2) is 24.8 Å². The molecule has 8 heteroatoms. The number of nitrogens with two attached hydrogens (primary N) is 1. The van der Waals surface area contributed by atoms with Crippen molar-refractivity contribution in [3.8, 4) is 11.5 Å². The van der Waals surface area contributed by atoms with Crippen LogP contribution >= 0.6 is 11.6 Å². The molecule has 0 saturated carbocycles. The van der Waals surface area contributed by atoms with Gasteiger partial charge in [-0.15, -0.1) is 0 Å². The first-order chi connectivity index (χ1) is 11.9. The fourth-order valence-electron chi connectivity index (χ4n) is 2.17. The summed E-state index contributed by atoms with van der Waals surface area (Å²) in [6.45, 7) is 1.62. The highest BCUT2D eigenvalue weighted by atomic mass is 35.5. The lowest BCUT2D eigenvalue weighted by atomic mass is 10.2. The molecule has 0 radical (unpaired) electrons. The number of rotatable bonds is 4. The Labute approximate surface area is 148 Å². The SMILES string of the molecule is C[C@H](OC(=O)c1ccc(Cl)c(N)c1)C(=O)Nc1ccc2c(c1)OCO2. The fourth-order valence-corrected chi connectivity index (χ4v) is 2.29. The van der Waals surface area contributed by atoms with Crippen LogP contribution in [0.3, 0.4) is 0 Å². The summed E-state index contributed by atoms with van der Waals surface area (Å²) in [5.41, 5.74) is 6.63. The summed E-state index contributed by atoms with van der Waals surface area (Å²) in [6.07, 6.45) is -1.00. The molecule has 130 valence electrons. The van der Waals surface area contributed by atoms with E-state index in [0.29, 0.717) is 22.2 Å². The van der Waals surface area contributed by atoms with Gasteiger partial charge in [-0.3, -0.25) is 4.79 Å². The third-order valence-electron chi connectivity index (χ3n) is 3.52. The standard InChI is InChI=1S/C17H15ClN2O5/c1-9(25-17(22)10-2-4-12(18)13(19)6-10)16(21)20-11-3-5-14-15(7-11)24-8-23-14/h2-7,9H,8,19H2,1H3,(H,20,21)/t9-/m0/s1. The van der Waals surface area contributed by atoms with E-state index in [1.807, 2.05) is 0 Å². The van der Waals surface area contributed by atoms with Crippen molar-refractivity contribution in [1.82, 2.24) is 0 Å². The molecule has 1 heterocycles. The van der Waals surface area contributed by atoms with Gasteiger partial charge in [0.15, 0.2) is 17.6 Å². The molecule has 1 aliphatic heterocycles. The first-order valence-corrected chi connectivity index (χ1v) is 7.78. The monoisotopic (exact) mass is 362 g/mol. The Morgan fingerprint density at radius 1 is 1.20 bits per heavy atom. The number of nitrogen functional groups attached to an aromatic ring is 1. The van der Waals surface area contributed by atoms with E-state index >= 15 is 0 Å². The molecular weight excluding hydrogens is 348 g/mol. The van der Waals surface area contributed by atoms with Crippen LogP contribution in [0.1, 0.15) is 17.3 Å².